The molecule has 0 saturated carbocycles. The van der Waals surface area contributed by atoms with Crippen molar-refractivity contribution in [1.29, 1.82) is 5.26 Å². The van der Waals surface area contributed by atoms with E-state index in [1.54, 1.807) is 0 Å². The second-order valence-corrected chi connectivity index (χ2v) is 27.7. The van der Waals surface area contributed by atoms with E-state index in [0.29, 0.717) is 21.3 Å². The van der Waals surface area contributed by atoms with E-state index in [1.165, 1.54) is 0 Å². The molecule has 0 aromatic heterocycles. The molecule has 2 aliphatic rings. The number of anilines is 6. The van der Waals surface area contributed by atoms with Crippen LogP contribution in [0.25, 0.3) is 127 Å². The zero-order chi connectivity index (χ0) is 70.5. The highest BCUT2D eigenvalue weighted by Crippen LogP contribution is 2.56. The van der Waals surface area contributed by atoms with Crippen LogP contribution in [0.1, 0.15) is 5.56 Å². The molecule has 0 bridgehead atoms. The van der Waals surface area contributed by atoms with Crippen molar-refractivity contribution in [3.05, 3.63) is 397 Å². The third kappa shape index (κ3) is 11.9. The van der Waals surface area contributed by atoms with Gasteiger partial charge < -0.3 is 9.80 Å². The zero-order valence-electron chi connectivity index (χ0n) is 56.8. The van der Waals surface area contributed by atoms with Crippen molar-refractivity contribution in [3.8, 4) is 128 Å². The van der Waals surface area contributed by atoms with E-state index in [1.807, 2.05) is 36.4 Å². The molecular weight excluding hydrogens is 1310 g/mol. The molecule has 2 aliphatic heterocycles. The lowest BCUT2D eigenvalue weighted by Gasteiger charge is -2.46. The van der Waals surface area contributed by atoms with Crippen molar-refractivity contribution in [3.63, 3.8) is 0 Å². The van der Waals surface area contributed by atoms with E-state index < -0.39 is 0 Å². The smallest absolute Gasteiger partial charge is 0.252 e. The molecule has 105 heavy (non-hydrogen) atoms. The van der Waals surface area contributed by atoms with Crippen molar-refractivity contribution in [1.82, 2.24) is 0 Å². The zero-order valence-corrected chi connectivity index (χ0v) is 58.4. The van der Waals surface area contributed by atoms with Gasteiger partial charge in [0.2, 0.25) is 0 Å². The lowest BCUT2D eigenvalue weighted by molar-refractivity contribution is 1.25. The molecule has 0 saturated heterocycles. The summed E-state index contributed by atoms with van der Waals surface area (Å²) in [5.74, 6) is 0. The molecule has 0 unspecified atom stereocenters. The Labute approximate surface area is 622 Å². The molecule has 18 rings (SSSR count). The molecule has 4 nitrogen and oxygen atoms in total. The molecule has 0 spiro atoms. The maximum atomic E-state index is 10.2. The van der Waals surface area contributed by atoms with Gasteiger partial charge in [0, 0.05) is 55.0 Å². The molecule has 7 heteroatoms. The molecule has 0 radical (unpaired) electrons. The first-order valence-electron chi connectivity index (χ1n) is 35.2. The number of nitriles is 1. The van der Waals surface area contributed by atoms with Crippen molar-refractivity contribution in [2.24, 2.45) is 0 Å². The van der Waals surface area contributed by atoms with Crippen LogP contribution in [0, 0.1) is 17.9 Å². The summed E-state index contributed by atoms with van der Waals surface area (Å²) in [4.78, 5) is 8.90. The average Bonchev–Trinajstić information content (AvgIpc) is 0.688. The van der Waals surface area contributed by atoms with Gasteiger partial charge in [-0.15, -0.1) is 0 Å². The fraction of sp³-hybridized carbons (Fsp3) is 0. The number of fused-ring (bicyclic) bond motifs is 4. The maximum absolute atomic E-state index is 10.2. The highest BCUT2D eigenvalue weighted by molar-refractivity contribution is 7.00. The summed E-state index contributed by atoms with van der Waals surface area (Å²) in [6, 6.07) is 134. The fourth-order valence-corrected chi connectivity index (χ4v) is 16.0. The fourth-order valence-electron chi connectivity index (χ4n) is 15.6. The minimum atomic E-state index is -0.352. The number of benzene rings is 16. The van der Waals surface area contributed by atoms with Gasteiger partial charge in [-0.1, -0.05) is 296 Å². The highest BCUT2D eigenvalue weighted by Gasteiger charge is 2.46. The molecular formula is C98H61BCl2N4. The Morgan fingerprint density at radius 1 is 0.267 bits per heavy atom. The van der Waals surface area contributed by atoms with Crippen molar-refractivity contribution >= 4 is 86.1 Å². The number of hydrogen-bond acceptors (Lipinski definition) is 3. The Morgan fingerprint density at radius 3 is 0.876 bits per heavy atom. The first-order chi connectivity index (χ1) is 51.8. The molecule has 0 atom stereocenters. The van der Waals surface area contributed by atoms with E-state index in [-0.39, 0.29) is 6.71 Å². The van der Waals surface area contributed by atoms with E-state index >= 15 is 0 Å². The lowest BCUT2D eigenvalue weighted by atomic mass is 9.33. The number of hydrogen-bond donors (Lipinski definition) is 0. The van der Waals surface area contributed by atoms with E-state index in [0.717, 1.165) is 173 Å². The Balaban J connectivity index is 1.00. The summed E-state index contributed by atoms with van der Waals surface area (Å²) in [5, 5.41) is 11.4. The third-order valence-corrected chi connectivity index (χ3v) is 21.0. The van der Waals surface area contributed by atoms with Crippen LogP contribution in [0.5, 0.6) is 0 Å². The molecule has 16 aromatic carbocycles. The minimum absolute atomic E-state index is 0.352. The first-order valence-corrected chi connectivity index (χ1v) is 35.9. The number of nitrogens with zero attached hydrogens (tertiary/aromatic N) is 4. The van der Waals surface area contributed by atoms with Gasteiger partial charge in [-0.3, -0.25) is 0 Å². The molecule has 0 aliphatic carbocycles. The largest absolute Gasteiger partial charge is 0.310 e. The summed E-state index contributed by atoms with van der Waals surface area (Å²) in [6.07, 6.45) is 0. The molecule has 490 valence electrons. The van der Waals surface area contributed by atoms with Crippen LogP contribution in [-0.2, 0) is 0 Å². The quantitative estimate of drug-likeness (QED) is 0.0852. The predicted molar refractivity (Wildman–Crippen MR) is 441 cm³/mol. The van der Waals surface area contributed by atoms with Gasteiger partial charge in [0.25, 0.3) is 6.71 Å². The predicted octanol–water partition coefficient (Wildman–Crippen LogP) is 25.8. The summed E-state index contributed by atoms with van der Waals surface area (Å²) >= 11 is 15.2. The summed E-state index contributed by atoms with van der Waals surface area (Å²) in [6.45, 7) is 7.67. The third-order valence-electron chi connectivity index (χ3n) is 20.6. The summed E-state index contributed by atoms with van der Waals surface area (Å²) < 4.78 is 0. The SMILES string of the molecule is [C-]#[N+]c1ccc(-c2cc(-c3cccc(-c4ccccc4)c3)c(N3c4cc(Cl)ccc4B4c5ccc(Cl)cc5N(c5c(-c6cccc(-c7ccccc7)c6)cc(-c6ccc(C#N)cc6)cc5-c5cccc(-c6ccccc6)c5)c5cc(-c6ccccc6)cc3c54)c(-c3cccc(-c4ccccc4)c3)c2)cc1. The summed E-state index contributed by atoms with van der Waals surface area (Å²) in [7, 11) is 0. The monoisotopic (exact) mass is 1370 g/mol. The van der Waals surface area contributed by atoms with Crippen LogP contribution in [0.4, 0.5) is 39.8 Å². The second-order valence-electron chi connectivity index (χ2n) is 26.8. The second kappa shape index (κ2) is 27.3. The van der Waals surface area contributed by atoms with Gasteiger partial charge in [-0.25, -0.2) is 4.85 Å². The van der Waals surface area contributed by atoms with Gasteiger partial charge >= 0.3 is 0 Å². The Kier molecular flexibility index (Phi) is 16.6. The van der Waals surface area contributed by atoms with Gasteiger partial charge in [0.15, 0.2) is 5.69 Å². The number of rotatable bonds is 13. The van der Waals surface area contributed by atoms with Crippen LogP contribution in [0.3, 0.4) is 0 Å². The molecule has 0 amide bonds. The number of halogens is 2. The Morgan fingerprint density at radius 2 is 0.552 bits per heavy atom. The van der Waals surface area contributed by atoms with Crippen molar-refractivity contribution < 1.29 is 0 Å². The van der Waals surface area contributed by atoms with Crippen LogP contribution in [0.2, 0.25) is 10.0 Å². The molecule has 0 fully saturated rings. The van der Waals surface area contributed by atoms with Gasteiger partial charge in [-0.2, -0.15) is 5.26 Å². The van der Waals surface area contributed by atoms with Crippen LogP contribution in [-0.4, -0.2) is 6.71 Å². The average molecular weight is 1380 g/mol. The summed E-state index contributed by atoms with van der Waals surface area (Å²) in [5.41, 5.74) is 32.8. The van der Waals surface area contributed by atoms with E-state index in [9.17, 15) is 5.26 Å². The molecule has 0 N–H and O–H groups in total. The normalized spacial score (nSPS) is 11.8. The standard InChI is InChI=1S/C98H61BCl2N4/c1-103-85-47-43-71(44-48-85)81-57-88(78-37-19-33-74(53-78)67-25-11-4-12-26-67)98(89(58-81)79-38-20-34-75(54-79)68-27-13-5-14-28-68)105-93-62-84(101)46-50-91(93)99-90-49-45-83(100)61-92(90)104(94-59-82(60-95(105)96(94)99)69-29-15-6-16-30-69)97-86(76-35-17-31-72(51-76)65-21-7-2-8-22-65)55-80(70-41-39-64(63-102)40-42-70)56-87(97)77-36-18-32-73(52-77)66-23-9-3-10-24-66/h2-62H. The van der Waals surface area contributed by atoms with Crippen molar-refractivity contribution in [2.75, 3.05) is 9.80 Å². The van der Waals surface area contributed by atoms with Crippen LogP contribution in [0.15, 0.2) is 370 Å². The van der Waals surface area contributed by atoms with Crippen LogP contribution >= 0.6 is 23.2 Å². The van der Waals surface area contributed by atoms with Gasteiger partial charge in [0.1, 0.15) is 0 Å². The minimum Gasteiger partial charge on any atom is -0.310 e. The van der Waals surface area contributed by atoms with Gasteiger partial charge in [0.05, 0.1) is 29.6 Å². The first kappa shape index (κ1) is 63.9. The Bertz CT molecular complexity index is 5570. The highest BCUT2D eigenvalue weighted by atomic mass is 35.5. The van der Waals surface area contributed by atoms with E-state index in [2.05, 4.69) is 354 Å². The topological polar surface area (TPSA) is 34.6 Å². The maximum Gasteiger partial charge on any atom is 0.252 e. The molecule has 2 heterocycles. The van der Waals surface area contributed by atoms with Crippen LogP contribution < -0.4 is 26.2 Å². The molecule has 16 aromatic rings. The van der Waals surface area contributed by atoms with Crippen molar-refractivity contribution in [2.45, 2.75) is 0 Å². The lowest BCUT2D eigenvalue weighted by Crippen LogP contribution is -2.61. The van der Waals surface area contributed by atoms with Gasteiger partial charge in [-0.05, 0) is 214 Å². The van der Waals surface area contributed by atoms with E-state index in [4.69, 9.17) is 29.8 Å². The Hall–Kier alpha value is -13.3.